The van der Waals surface area contributed by atoms with Gasteiger partial charge in [0, 0.05) is 5.54 Å². The summed E-state index contributed by atoms with van der Waals surface area (Å²) < 4.78 is 0. The van der Waals surface area contributed by atoms with E-state index in [0.29, 0.717) is 12.3 Å². The number of rotatable bonds is 5. The molecule has 0 aromatic heterocycles. The van der Waals surface area contributed by atoms with Gasteiger partial charge in [0.15, 0.2) is 0 Å². The van der Waals surface area contributed by atoms with Crippen LogP contribution < -0.4 is 10.6 Å². The molecule has 0 aliphatic carbocycles. The number of carbonyl (C=O) groups excluding carboxylic acids is 3. The number of nitrogens with zero attached hydrogens (tertiary/aromatic N) is 1. The SMILES string of the molecule is CC(C)CC[C@@]1(C)NC(=O)N(CC(=O)NC(C)(C)C)C1=O. The Labute approximate surface area is 126 Å². The molecule has 0 bridgehead atoms. The molecule has 1 heterocycles. The van der Waals surface area contributed by atoms with E-state index < -0.39 is 17.1 Å². The van der Waals surface area contributed by atoms with E-state index in [2.05, 4.69) is 24.5 Å². The zero-order valence-corrected chi connectivity index (χ0v) is 13.9. The molecule has 4 amide bonds. The Morgan fingerprint density at radius 2 is 1.90 bits per heavy atom. The molecule has 0 unspecified atom stereocenters. The molecule has 0 aromatic rings. The quantitative estimate of drug-likeness (QED) is 0.757. The maximum Gasteiger partial charge on any atom is 0.325 e. The normalized spacial score (nSPS) is 22.7. The maximum atomic E-state index is 12.4. The van der Waals surface area contributed by atoms with E-state index in [-0.39, 0.29) is 18.4 Å². The van der Waals surface area contributed by atoms with Crippen LogP contribution in [0.1, 0.15) is 54.4 Å². The molecule has 120 valence electrons. The molecule has 2 N–H and O–H groups in total. The smallest absolute Gasteiger partial charge is 0.325 e. The Hall–Kier alpha value is -1.59. The topological polar surface area (TPSA) is 78.5 Å². The highest BCUT2D eigenvalue weighted by molar-refractivity contribution is 6.08. The number of hydrogen-bond acceptors (Lipinski definition) is 3. The third-order valence-corrected chi connectivity index (χ3v) is 3.38. The van der Waals surface area contributed by atoms with Gasteiger partial charge in [-0.15, -0.1) is 0 Å². The highest BCUT2D eigenvalue weighted by Gasteiger charge is 2.47. The third kappa shape index (κ3) is 4.72. The van der Waals surface area contributed by atoms with Crippen LogP contribution in [0.15, 0.2) is 0 Å². The van der Waals surface area contributed by atoms with E-state index >= 15 is 0 Å². The molecule has 1 aliphatic heterocycles. The van der Waals surface area contributed by atoms with Crippen molar-refractivity contribution in [3.63, 3.8) is 0 Å². The average Bonchev–Trinajstić information content (AvgIpc) is 2.49. The Morgan fingerprint density at radius 3 is 2.38 bits per heavy atom. The van der Waals surface area contributed by atoms with Crippen molar-refractivity contribution < 1.29 is 14.4 Å². The Balaban J connectivity index is 2.71. The first-order chi connectivity index (χ1) is 9.44. The van der Waals surface area contributed by atoms with E-state index in [1.54, 1.807) is 6.92 Å². The van der Waals surface area contributed by atoms with Crippen molar-refractivity contribution in [2.24, 2.45) is 5.92 Å². The van der Waals surface area contributed by atoms with Crippen LogP contribution in [-0.4, -0.2) is 40.4 Å². The Morgan fingerprint density at radius 1 is 1.33 bits per heavy atom. The third-order valence-electron chi connectivity index (χ3n) is 3.38. The Kier molecular flexibility index (Phi) is 5.02. The summed E-state index contributed by atoms with van der Waals surface area (Å²) in [7, 11) is 0. The summed E-state index contributed by atoms with van der Waals surface area (Å²) in [6, 6.07) is -0.490. The number of nitrogens with one attached hydrogen (secondary N) is 2. The van der Waals surface area contributed by atoms with Gasteiger partial charge in [-0.25, -0.2) is 4.79 Å². The summed E-state index contributed by atoms with van der Waals surface area (Å²) in [5, 5.41) is 5.46. The van der Waals surface area contributed by atoms with Gasteiger partial charge in [0.25, 0.3) is 5.91 Å². The minimum absolute atomic E-state index is 0.237. The fourth-order valence-electron chi connectivity index (χ4n) is 2.24. The van der Waals surface area contributed by atoms with Crippen molar-refractivity contribution in [1.82, 2.24) is 15.5 Å². The molecule has 21 heavy (non-hydrogen) atoms. The van der Waals surface area contributed by atoms with Crippen LogP contribution in [0.5, 0.6) is 0 Å². The largest absolute Gasteiger partial charge is 0.350 e. The van der Waals surface area contributed by atoms with Gasteiger partial charge in [-0.05, 0) is 46.5 Å². The lowest BCUT2D eigenvalue weighted by Crippen LogP contribution is -2.48. The van der Waals surface area contributed by atoms with Crippen molar-refractivity contribution in [2.75, 3.05) is 6.54 Å². The molecule has 1 saturated heterocycles. The first-order valence-electron chi connectivity index (χ1n) is 7.40. The zero-order chi connectivity index (χ0) is 16.4. The van der Waals surface area contributed by atoms with Crippen molar-refractivity contribution in [3.05, 3.63) is 0 Å². The average molecular weight is 297 g/mol. The summed E-state index contributed by atoms with van der Waals surface area (Å²) in [6.07, 6.45) is 1.41. The van der Waals surface area contributed by atoms with Gasteiger partial charge in [0.05, 0.1) is 0 Å². The van der Waals surface area contributed by atoms with Crippen molar-refractivity contribution in [3.8, 4) is 0 Å². The maximum absolute atomic E-state index is 12.4. The lowest BCUT2D eigenvalue weighted by atomic mass is 9.92. The van der Waals surface area contributed by atoms with Crippen LogP contribution in [0.3, 0.4) is 0 Å². The fourth-order valence-corrected chi connectivity index (χ4v) is 2.24. The van der Waals surface area contributed by atoms with Crippen LogP contribution >= 0.6 is 0 Å². The van der Waals surface area contributed by atoms with Gasteiger partial charge in [0.1, 0.15) is 12.1 Å². The Bertz CT molecular complexity index is 440. The summed E-state index contributed by atoms with van der Waals surface area (Å²) in [4.78, 5) is 37.3. The van der Waals surface area contributed by atoms with E-state index in [0.717, 1.165) is 11.3 Å². The van der Waals surface area contributed by atoms with Crippen LogP contribution in [0.2, 0.25) is 0 Å². The molecule has 0 spiro atoms. The monoisotopic (exact) mass is 297 g/mol. The predicted octanol–water partition coefficient (Wildman–Crippen LogP) is 1.65. The van der Waals surface area contributed by atoms with Crippen LogP contribution in [-0.2, 0) is 9.59 Å². The van der Waals surface area contributed by atoms with Gasteiger partial charge < -0.3 is 10.6 Å². The number of hydrogen-bond donors (Lipinski definition) is 2. The highest BCUT2D eigenvalue weighted by Crippen LogP contribution is 2.24. The molecule has 1 aliphatic rings. The molecule has 1 atom stereocenters. The molecule has 0 saturated carbocycles. The van der Waals surface area contributed by atoms with Crippen molar-refractivity contribution in [2.45, 2.75) is 65.5 Å². The van der Waals surface area contributed by atoms with E-state index in [4.69, 9.17) is 0 Å². The van der Waals surface area contributed by atoms with Crippen LogP contribution in [0.4, 0.5) is 4.79 Å². The lowest BCUT2D eigenvalue weighted by molar-refractivity contribution is -0.135. The van der Waals surface area contributed by atoms with Gasteiger partial charge in [0.2, 0.25) is 5.91 Å². The second-order valence-electron chi connectivity index (χ2n) is 7.38. The van der Waals surface area contributed by atoms with Crippen molar-refractivity contribution >= 4 is 17.8 Å². The summed E-state index contributed by atoms with van der Waals surface area (Å²) >= 11 is 0. The molecular weight excluding hydrogens is 270 g/mol. The number of imide groups is 1. The molecule has 6 heteroatoms. The molecule has 0 radical (unpaired) electrons. The minimum atomic E-state index is -0.899. The van der Waals surface area contributed by atoms with E-state index in [1.807, 2.05) is 20.8 Å². The summed E-state index contributed by atoms with van der Waals surface area (Å²) in [6.45, 7) is 11.2. The molecule has 6 nitrogen and oxygen atoms in total. The second kappa shape index (κ2) is 6.03. The predicted molar refractivity (Wildman–Crippen MR) is 80.6 cm³/mol. The highest BCUT2D eigenvalue weighted by atomic mass is 16.2. The number of carbonyl (C=O) groups is 3. The van der Waals surface area contributed by atoms with Gasteiger partial charge in [-0.2, -0.15) is 0 Å². The van der Waals surface area contributed by atoms with Crippen LogP contribution in [0, 0.1) is 5.92 Å². The zero-order valence-electron chi connectivity index (χ0n) is 13.9. The molecular formula is C15H27N3O3. The minimum Gasteiger partial charge on any atom is -0.350 e. The molecule has 1 rings (SSSR count). The van der Waals surface area contributed by atoms with Gasteiger partial charge >= 0.3 is 6.03 Å². The number of amides is 4. The first-order valence-corrected chi connectivity index (χ1v) is 7.40. The molecule has 1 fully saturated rings. The number of urea groups is 1. The molecule has 0 aromatic carbocycles. The van der Waals surface area contributed by atoms with Crippen LogP contribution in [0.25, 0.3) is 0 Å². The van der Waals surface area contributed by atoms with E-state index in [1.165, 1.54) is 0 Å². The first kappa shape index (κ1) is 17.5. The van der Waals surface area contributed by atoms with Gasteiger partial charge in [-0.1, -0.05) is 13.8 Å². The van der Waals surface area contributed by atoms with E-state index in [9.17, 15) is 14.4 Å². The standard InChI is InChI=1S/C15H27N3O3/c1-10(2)7-8-15(6)12(20)18(13(21)17-15)9-11(19)16-14(3,4)5/h10H,7-9H2,1-6H3,(H,16,19)(H,17,21)/t15-/m1/s1. The summed E-state index contributed by atoms with van der Waals surface area (Å²) in [5.41, 5.74) is -1.29. The van der Waals surface area contributed by atoms with Gasteiger partial charge in [-0.3, -0.25) is 14.5 Å². The van der Waals surface area contributed by atoms with Crippen molar-refractivity contribution in [1.29, 1.82) is 0 Å². The fraction of sp³-hybridized carbons (Fsp3) is 0.800. The second-order valence-corrected chi connectivity index (χ2v) is 7.38. The lowest BCUT2D eigenvalue weighted by Gasteiger charge is -2.24. The summed E-state index contributed by atoms with van der Waals surface area (Å²) in [5.74, 6) is -0.207.